The van der Waals surface area contributed by atoms with E-state index in [2.05, 4.69) is 37.4 Å². The van der Waals surface area contributed by atoms with E-state index in [1.807, 2.05) is 7.05 Å². The van der Waals surface area contributed by atoms with Crippen molar-refractivity contribution in [2.45, 2.75) is 51.7 Å². The lowest BCUT2D eigenvalue weighted by Crippen LogP contribution is -2.29. The molecule has 0 amide bonds. The van der Waals surface area contributed by atoms with E-state index in [9.17, 15) is 0 Å². The van der Waals surface area contributed by atoms with E-state index in [0.29, 0.717) is 12.1 Å². The van der Waals surface area contributed by atoms with Crippen molar-refractivity contribution in [3.63, 3.8) is 0 Å². The highest BCUT2D eigenvalue weighted by Gasteiger charge is 2.26. The number of hydrogen-bond donors (Lipinski definition) is 1. The predicted octanol–water partition coefficient (Wildman–Crippen LogP) is 3.25. The third-order valence-corrected chi connectivity index (χ3v) is 4.00. The molecule has 2 unspecified atom stereocenters. The number of hydrogen-bond acceptors (Lipinski definition) is 2. The van der Waals surface area contributed by atoms with E-state index in [4.69, 9.17) is 4.74 Å². The minimum atomic E-state index is 0.337. The van der Waals surface area contributed by atoms with Crippen molar-refractivity contribution in [3.8, 4) is 0 Å². The van der Waals surface area contributed by atoms with Gasteiger partial charge in [-0.1, -0.05) is 32.0 Å². The molecule has 0 aliphatic carbocycles. The molecule has 1 saturated heterocycles. The molecule has 0 aromatic heterocycles. The fraction of sp³-hybridized carbons (Fsp3) is 0.625. The van der Waals surface area contributed by atoms with Crippen molar-refractivity contribution in [2.24, 2.45) is 0 Å². The monoisotopic (exact) mass is 247 g/mol. The van der Waals surface area contributed by atoms with E-state index in [1.165, 1.54) is 29.5 Å². The quantitative estimate of drug-likeness (QED) is 0.862. The van der Waals surface area contributed by atoms with Gasteiger partial charge in [-0.05, 0) is 49.4 Å². The summed E-state index contributed by atoms with van der Waals surface area (Å²) in [7, 11) is 2.03. The number of aryl methyl sites for hydroxylation is 2. The molecule has 0 radical (unpaired) electrons. The van der Waals surface area contributed by atoms with Crippen LogP contribution in [0.25, 0.3) is 0 Å². The van der Waals surface area contributed by atoms with E-state index in [1.54, 1.807) is 0 Å². The van der Waals surface area contributed by atoms with E-state index in [0.717, 1.165) is 19.4 Å². The standard InChI is InChI=1S/C16H25NO/c1-4-12-8-9-14(11-13(12)5-2)16(17-3)15-7-6-10-18-15/h8-9,11,15-17H,4-7,10H2,1-3H3. The molecule has 1 N–H and O–H groups in total. The van der Waals surface area contributed by atoms with Crippen LogP contribution in [0.1, 0.15) is 49.4 Å². The minimum Gasteiger partial charge on any atom is -0.376 e. The van der Waals surface area contributed by atoms with Gasteiger partial charge in [-0.25, -0.2) is 0 Å². The molecule has 18 heavy (non-hydrogen) atoms. The average molecular weight is 247 g/mol. The molecule has 100 valence electrons. The Morgan fingerprint density at radius 2 is 2.06 bits per heavy atom. The molecule has 1 heterocycles. The third-order valence-electron chi connectivity index (χ3n) is 4.00. The summed E-state index contributed by atoms with van der Waals surface area (Å²) in [5.41, 5.74) is 4.33. The first-order chi connectivity index (χ1) is 8.80. The van der Waals surface area contributed by atoms with Gasteiger partial charge in [0.1, 0.15) is 0 Å². The number of ether oxygens (including phenoxy) is 1. The normalized spacial score (nSPS) is 21.2. The maximum absolute atomic E-state index is 5.83. The van der Waals surface area contributed by atoms with Gasteiger partial charge in [-0.15, -0.1) is 0 Å². The van der Waals surface area contributed by atoms with Crippen LogP contribution in [0.4, 0.5) is 0 Å². The second-order valence-corrected chi connectivity index (χ2v) is 5.05. The molecule has 2 nitrogen and oxygen atoms in total. The Balaban J connectivity index is 2.24. The van der Waals surface area contributed by atoms with Gasteiger partial charge < -0.3 is 10.1 Å². The summed E-state index contributed by atoms with van der Waals surface area (Å²) in [5.74, 6) is 0. The van der Waals surface area contributed by atoms with Crippen LogP contribution in [0.2, 0.25) is 0 Å². The zero-order chi connectivity index (χ0) is 13.0. The molecule has 1 aliphatic heterocycles. The highest BCUT2D eigenvalue weighted by atomic mass is 16.5. The van der Waals surface area contributed by atoms with E-state index < -0.39 is 0 Å². The Labute approximate surface area is 111 Å². The van der Waals surface area contributed by atoms with Crippen LogP contribution in [0.5, 0.6) is 0 Å². The van der Waals surface area contributed by atoms with Gasteiger partial charge in [0, 0.05) is 6.61 Å². The summed E-state index contributed by atoms with van der Waals surface area (Å²) in [5, 5.41) is 3.42. The van der Waals surface area contributed by atoms with Crippen molar-refractivity contribution < 1.29 is 4.74 Å². The van der Waals surface area contributed by atoms with Gasteiger partial charge in [0.15, 0.2) is 0 Å². The number of rotatable bonds is 5. The first kappa shape index (κ1) is 13.6. The van der Waals surface area contributed by atoms with Crippen molar-refractivity contribution in [3.05, 3.63) is 34.9 Å². The van der Waals surface area contributed by atoms with Crippen LogP contribution in [0.3, 0.4) is 0 Å². The summed E-state index contributed by atoms with van der Waals surface area (Å²) in [6.07, 6.45) is 4.93. The van der Waals surface area contributed by atoms with Gasteiger partial charge >= 0.3 is 0 Å². The maximum Gasteiger partial charge on any atom is 0.0770 e. The highest BCUT2D eigenvalue weighted by molar-refractivity contribution is 5.34. The molecule has 0 spiro atoms. The molecule has 1 aliphatic rings. The van der Waals surface area contributed by atoms with Gasteiger partial charge in [0.05, 0.1) is 12.1 Å². The predicted molar refractivity (Wildman–Crippen MR) is 76.0 cm³/mol. The first-order valence-corrected chi connectivity index (χ1v) is 7.20. The summed E-state index contributed by atoms with van der Waals surface area (Å²) < 4.78 is 5.83. The number of benzene rings is 1. The van der Waals surface area contributed by atoms with Gasteiger partial charge in [0.2, 0.25) is 0 Å². The van der Waals surface area contributed by atoms with E-state index >= 15 is 0 Å². The molecular formula is C16H25NO. The second kappa shape index (κ2) is 6.35. The van der Waals surface area contributed by atoms with Crippen molar-refractivity contribution >= 4 is 0 Å². The lowest BCUT2D eigenvalue weighted by Gasteiger charge is -2.24. The fourth-order valence-corrected chi connectivity index (χ4v) is 2.95. The van der Waals surface area contributed by atoms with Crippen molar-refractivity contribution in [1.29, 1.82) is 0 Å². The minimum absolute atomic E-state index is 0.337. The Morgan fingerprint density at radius 3 is 2.61 bits per heavy atom. The molecule has 2 rings (SSSR count). The third kappa shape index (κ3) is 2.76. The smallest absolute Gasteiger partial charge is 0.0770 e. The maximum atomic E-state index is 5.83. The first-order valence-electron chi connectivity index (χ1n) is 7.20. The Hall–Kier alpha value is -0.860. The summed E-state index contributed by atoms with van der Waals surface area (Å²) >= 11 is 0. The molecule has 0 saturated carbocycles. The molecule has 1 aromatic carbocycles. The molecule has 1 fully saturated rings. The molecule has 1 aromatic rings. The van der Waals surface area contributed by atoms with Crippen LogP contribution >= 0.6 is 0 Å². The van der Waals surface area contributed by atoms with Crippen LogP contribution < -0.4 is 5.32 Å². The topological polar surface area (TPSA) is 21.3 Å². The SMILES string of the molecule is CCc1ccc(C(NC)C2CCCO2)cc1CC. The van der Waals surface area contributed by atoms with Gasteiger partial charge in [-0.2, -0.15) is 0 Å². The van der Waals surface area contributed by atoms with Crippen LogP contribution in [0.15, 0.2) is 18.2 Å². The molecule has 2 heteroatoms. The van der Waals surface area contributed by atoms with E-state index in [-0.39, 0.29) is 0 Å². The lowest BCUT2D eigenvalue weighted by atomic mass is 9.93. The zero-order valence-corrected chi connectivity index (χ0v) is 11.8. The molecular weight excluding hydrogens is 222 g/mol. The summed E-state index contributed by atoms with van der Waals surface area (Å²) in [4.78, 5) is 0. The highest BCUT2D eigenvalue weighted by Crippen LogP contribution is 2.28. The molecule has 0 bridgehead atoms. The average Bonchev–Trinajstić information content (AvgIpc) is 2.93. The Kier molecular flexibility index (Phi) is 4.79. The Bertz CT molecular complexity index is 383. The van der Waals surface area contributed by atoms with Crippen molar-refractivity contribution in [2.75, 3.05) is 13.7 Å². The lowest BCUT2D eigenvalue weighted by molar-refractivity contribution is 0.0807. The fourth-order valence-electron chi connectivity index (χ4n) is 2.95. The summed E-state index contributed by atoms with van der Waals surface area (Å²) in [6.45, 7) is 5.37. The molecule has 2 atom stereocenters. The largest absolute Gasteiger partial charge is 0.376 e. The van der Waals surface area contributed by atoms with Crippen LogP contribution in [-0.2, 0) is 17.6 Å². The number of likely N-dealkylation sites (N-methyl/N-ethyl adjacent to an activating group) is 1. The Morgan fingerprint density at radius 1 is 1.28 bits per heavy atom. The zero-order valence-electron chi connectivity index (χ0n) is 11.8. The van der Waals surface area contributed by atoms with Crippen molar-refractivity contribution in [1.82, 2.24) is 5.32 Å². The summed E-state index contributed by atoms with van der Waals surface area (Å²) in [6, 6.07) is 7.25. The van der Waals surface area contributed by atoms with Gasteiger partial charge in [0.25, 0.3) is 0 Å². The van der Waals surface area contributed by atoms with Crippen LogP contribution in [-0.4, -0.2) is 19.8 Å². The van der Waals surface area contributed by atoms with Gasteiger partial charge in [-0.3, -0.25) is 0 Å². The second-order valence-electron chi connectivity index (χ2n) is 5.05. The van der Waals surface area contributed by atoms with Crippen LogP contribution in [0, 0.1) is 0 Å². The number of nitrogens with one attached hydrogen (secondary N) is 1.